The molecule has 0 unspecified atom stereocenters. The Morgan fingerprint density at radius 3 is 2.02 bits per heavy atom. The Balaban J connectivity index is 1.42. The van der Waals surface area contributed by atoms with Crippen molar-refractivity contribution in [3.63, 3.8) is 0 Å². The molecule has 24 heteroatoms. The highest BCUT2D eigenvalue weighted by atomic mass is 16.6. The van der Waals surface area contributed by atoms with E-state index in [2.05, 4.69) is 31.9 Å². The maximum atomic E-state index is 14.7. The second-order valence-corrected chi connectivity index (χ2v) is 24.5. The molecular weight excluding hydrogens is 1140 g/mol. The average molecular weight is 1240 g/mol. The number of esters is 1. The number of carbonyl (C=O) groups excluding carboxylic acids is 11. The molecule has 89 heavy (non-hydrogen) atoms. The van der Waals surface area contributed by atoms with Crippen LogP contribution in [0.4, 0.5) is 10.5 Å². The summed E-state index contributed by atoms with van der Waals surface area (Å²) in [7, 11) is 4.62. The van der Waals surface area contributed by atoms with Gasteiger partial charge in [0.1, 0.15) is 29.4 Å². The molecule has 0 saturated carbocycles. The monoisotopic (exact) mass is 1240 g/mol. The molecule has 1 saturated heterocycles. The van der Waals surface area contributed by atoms with Gasteiger partial charge in [0.25, 0.3) is 23.6 Å². The van der Waals surface area contributed by atoms with Gasteiger partial charge >= 0.3 is 12.0 Å². The number of hydrogen-bond acceptors (Lipinski definition) is 14. The molecule has 490 valence electrons. The first-order valence-corrected chi connectivity index (χ1v) is 30.8. The van der Waals surface area contributed by atoms with Crippen molar-refractivity contribution in [3.05, 3.63) is 89.1 Å². The van der Waals surface area contributed by atoms with E-state index < -0.39 is 107 Å². The molecule has 2 aromatic carbocycles. The van der Waals surface area contributed by atoms with Crippen LogP contribution >= 0.6 is 0 Å². The van der Waals surface area contributed by atoms with E-state index in [-0.39, 0.29) is 85.8 Å². The number of rotatable bonds is 34. The fourth-order valence-electron chi connectivity index (χ4n) is 10.9. The minimum atomic E-state index is -1.17. The number of methoxy groups -OCH3 is 2. The van der Waals surface area contributed by atoms with Crippen LogP contribution in [0.1, 0.15) is 149 Å². The third-order valence-electron chi connectivity index (χ3n) is 16.0. The number of benzene rings is 2. The Morgan fingerprint density at radius 2 is 1.45 bits per heavy atom. The fourth-order valence-corrected chi connectivity index (χ4v) is 10.9. The summed E-state index contributed by atoms with van der Waals surface area (Å²) >= 11 is 0. The lowest BCUT2D eigenvalue weighted by atomic mass is 9.89. The summed E-state index contributed by atoms with van der Waals surface area (Å²) in [6.07, 6.45) is 4.57. The van der Waals surface area contributed by atoms with Crippen molar-refractivity contribution in [1.29, 1.82) is 0 Å². The summed E-state index contributed by atoms with van der Waals surface area (Å²) in [5.74, 6) is -6.21. The van der Waals surface area contributed by atoms with Crippen LogP contribution in [0.3, 0.4) is 0 Å². The molecule has 1 fully saturated rings. The summed E-state index contributed by atoms with van der Waals surface area (Å²) in [4.78, 5) is 151. The van der Waals surface area contributed by atoms with Gasteiger partial charge in [-0.3, -0.25) is 48.1 Å². The van der Waals surface area contributed by atoms with Gasteiger partial charge in [-0.05, 0) is 120 Å². The highest BCUT2D eigenvalue weighted by Crippen LogP contribution is 2.30. The summed E-state index contributed by atoms with van der Waals surface area (Å²) in [5, 5.41) is 16.4. The topological polar surface area (TPSA) is 323 Å². The van der Waals surface area contributed by atoms with Gasteiger partial charge in [0.15, 0.2) is 0 Å². The number of imide groups is 1. The van der Waals surface area contributed by atoms with Crippen molar-refractivity contribution in [2.45, 2.75) is 188 Å². The van der Waals surface area contributed by atoms with Gasteiger partial charge in [-0.2, -0.15) is 0 Å². The molecule has 0 aliphatic carbocycles. The van der Waals surface area contributed by atoms with Gasteiger partial charge in [0.05, 0.1) is 36.6 Å². The maximum absolute atomic E-state index is 14.7. The van der Waals surface area contributed by atoms with Crippen LogP contribution in [0.15, 0.2) is 78.0 Å². The summed E-state index contributed by atoms with van der Waals surface area (Å²) in [6, 6.07) is 10.1. The molecule has 0 aromatic heterocycles. The van der Waals surface area contributed by atoms with Gasteiger partial charge in [0, 0.05) is 77.1 Å². The number of nitrogens with two attached hydrogens (primary N) is 1. The molecule has 0 radical (unpaired) electrons. The molecule has 2 aliphatic rings. The lowest BCUT2D eigenvalue weighted by molar-refractivity contribution is -0.159. The van der Waals surface area contributed by atoms with Crippen LogP contribution in [-0.4, -0.2) is 169 Å². The van der Waals surface area contributed by atoms with E-state index >= 15 is 0 Å². The first kappa shape index (κ1) is 73.5. The Hall–Kier alpha value is -7.99. The number of likely N-dealkylation sites (tertiary alicyclic amines) is 1. The molecule has 24 nitrogen and oxygen atoms in total. The number of ether oxygens (including phenoxy) is 3. The Labute approximate surface area is 523 Å². The molecule has 8 N–H and O–H groups in total. The largest absolute Gasteiger partial charge is 0.458 e. The van der Waals surface area contributed by atoms with E-state index in [9.17, 15) is 52.7 Å². The van der Waals surface area contributed by atoms with Crippen molar-refractivity contribution in [2.75, 3.05) is 46.2 Å². The predicted molar refractivity (Wildman–Crippen MR) is 335 cm³/mol. The quantitative estimate of drug-likeness (QED) is 0.0205. The van der Waals surface area contributed by atoms with Crippen molar-refractivity contribution in [1.82, 2.24) is 41.3 Å². The summed E-state index contributed by atoms with van der Waals surface area (Å²) < 4.78 is 17.8. The average Bonchev–Trinajstić information content (AvgIpc) is 4.12. The second kappa shape index (κ2) is 35.3. The number of urea groups is 1. The first-order chi connectivity index (χ1) is 42.0. The SMILES string of the molecule is CC[C@H](C)[C@@H]([C@@H](CC(=O)N1CCC[C@H]1[C@H](OC)[C@@H](C)C(=O)N[C@@H](Cc1ccccc1)C(=O)OC(C)(C)C)OC)N(C)C(=O)[C@@H](NC(=O)c1ccc(NC(=O)[C@H](CCCNC(N)=O)NC(=O)C(NC(=O)CCCCCN2C(=O)C=CC2=O)=C(C)C)cc1)C(C)C. The molecule has 0 bridgehead atoms. The van der Waals surface area contributed by atoms with Crippen LogP contribution in [0.5, 0.6) is 0 Å². The van der Waals surface area contributed by atoms with Gasteiger partial charge in [0.2, 0.25) is 29.5 Å². The zero-order valence-electron chi connectivity index (χ0n) is 54.2. The molecule has 9 atom stereocenters. The number of likely N-dealkylation sites (N-methyl/N-ethyl adjacent to an activating group) is 1. The minimum Gasteiger partial charge on any atom is -0.458 e. The molecular formula is C65H96N10O14. The molecule has 0 spiro atoms. The van der Waals surface area contributed by atoms with Crippen LogP contribution in [-0.2, 0) is 63.8 Å². The number of hydrogen-bond donors (Lipinski definition) is 7. The van der Waals surface area contributed by atoms with Crippen LogP contribution < -0.4 is 37.6 Å². The Morgan fingerprint density at radius 1 is 0.798 bits per heavy atom. The Bertz CT molecular complexity index is 2830. The standard InChI is InChI=1S/C65H96N10O14/c1-14-41(6)56(49(87-12)38-53(79)74-36-22-26-48(74)57(88-13)42(7)58(80)70-47(63(85)89-65(8,9)10)37-43-23-17-15-18-24-43)73(11)62(84)55(40(4)5)72-59(81)44-28-30-45(31-29-44)68-60(82)46(25-21-34-67-64(66)86)69-61(83)54(39(2)3)71-50(76)27-19-16-20-35-75-51(77)32-33-52(75)78/h15,17-18,23-24,28-33,40-42,46-49,55-57H,14,16,19-22,25-27,34-38H2,1-13H3,(H,68,82)(H,69,83)(H,70,80)(H,71,76)(H,72,81)(H3,66,67,86)/t41-,42+,46-,47-,48-,49+,55-,56-,57+/m0/s1. The third-order valence-corrected chi connectivity index (χ3v) is 16.0. The fraction of sp³-hybridized carbons (Fsp3) is 0.585. The van der Waals surface area contributed by atoms with E-state index in [0.29, 0.717) is 50.6 Å². The highest BCUT2D eigenvalue weighted by Gasteiger charge is 2.44. The molecule has 2 aliphatic heterocycles. The molecule has 2 aromatic rings. The summed E-state index contributed by atoms with van der Waals surface area (Å²) in [5.41, 5.74) is 6.11. The van der Waals surface area contributed by atoms with Crippen molar-refractivity contribution in [2.24, 2.45) is 23.5 Å². The van der Waals surface area contributed by atoms with Gasteiger partial charge in [-0.25, -0.2) is 9.59 Å². The van der Waals surface area contributed by atoms with E-state index in [0.717, 1.165) is 10.5 Å². The highest BCUT2D eigenvalue weighted by molar-refractivity contribution is 6.13. The molecule has 2 heterocycles. The van der Waals surface area contributed by atoms with Crippen LogP contribution in [0, 0.1) is 17.8 Å². The molecule has 11 amide bonds. The Kier molecular flexibility index (Phi) is 29.1. The van der Waals surface area contributed by atoms with Crippen LogP contribution in [0.2, 0.25) is 0 Å². The summed E-state index contributed by atoms with van der Waals surface area (Å²) in [6.45, 7) is 18.5. The van der Waals surface area contributed by atoms with Gasteiger partial charge in [-0.15, -0.1) is 0 Å². The van der Waals surface area contributed by atoms with E-state index in [1.807, 2.05) is 44.2 Å². The normalized spacial score (nSPS) is 16.6. The third kappa shape index (κ3) is 22.5. The minimum absolute atomic E-state index is 0.0460. The van der Waals surface area contributed by atoms with Crippen molar-refractivity contribution in [3.8, 4) is 0 Å². The lowest BCUT2D eigenvalue weighted by Gasteiger charge is -2.40. The number of carbonyl (C=O) groups is 11. The van der Waals surface area contributed by atoms with Gasteiger partial charge in [-0.1, -0.05) is 77.8 Å². The number of nitrogens with zero attached hydrogens (tertiary/aromatic N) is 3. The molecule has 4 rings (SSSR count). The smallest absolute Gasteiger partial charge is 0.329 e. The number of unbranched alkanes of at least 4 members (excludes halogenated alkanes) is 2. The number of anilines is 1. The first-order valence-electron chi connectivity index (χ1n) is 30.8. The van der Waals surface area contributed by atoms with E-state index in [1.54, 1.807) is 72.2 Å². The number of nitrogens with one attached hydrogen (secondary N) is 6. The van der Waals surface area contributed by atoms with E-state index in [1.165, 1.54) is 50.6 Å². The number of amides is 11. The van der Waals surface area contributed by atoms with Crippen molar-refractivity contribution < 1.29 is 67.0 Å². The predicted octanol–water partition coefficient (Wildman–Crippen LogP) is 5.20. The maximum Gasteiger partial charge on any atom is 0.329 e. The number of primary amides is 1. The lowest BCUT2D eigenvalue weighted by Crippen LogP contribution is -2.58. The second-order valence-electron chi connectivity index (χ2n) is 24.5. The number of allylic oxidation sites excluding steroid dienone is 1. The van der Waals surface area contributed by atoms with E-state index in [4.69, 9.17) is 19.9 Å². The van der Waals surface area contributed by atoms with Crippen LogP contribution in [0.25, 0.3) is 0 Å². The zero-order valence-corrected chi connectivity index (χ0v) is 54.2. The van der Waals surface area contributed by atoms with Gasteiger partial charge < -0.3 is 61.6 Å². The van der Waals surface area contributed by atoms with Crippen molar-refractivity contribution >= 4 is 70.9 Å². The zero-order chi connectivity index (χ0) is 66.3.